The summed E-state index contributed by atoms with van der Waals surface area (Å²) < 4.78 is 12.7. The average molecular weight is 286 g/mol. The highest BCUT2D eigenvalue weighted by Crippen LogP contribution is 2.66. The molecular weight excluding hydrogens is 260 g/mol. The minimum Gasteiger partial charge on any atom is -0.405 e. The lowest BCUT2D eigenvalue weighted by Crippen LogP contribution is -2.65. The summed E-state index contributed by atoms with van der Waals surface area (Å²) in [5, 5.41) is 3.42. The van der Waals surface area contributed by atoms with Crippen LogP contribution in [0.3, 0.4) is 0 Å². The molecule has 5 atom stereocenters. The second-order valence-electron chi connectivity index (χ2n) is 7.59. The van der Waals surface area contributed by atoms with Crippen LogP contribution in [0.25, 0.3) is 0 Å². The number of nitrogens with one attached hydrogen (secondary N) is 1. The molecule has 5 fully saturated rings. The first-order chi connectivity index (χ1) is 8.52. The summed E-state index contributed by atoms with van der Waals surface area (Å²) in [4.78, 5) is 0. The number of hydrogen-bond acceptors (Lipinski definition) is 3. The summed E-state index contributed by atoms with van der Waals surface area (Å²) in [6.45, 7) is 9.32. The maximum atomic E-state index is 6.46. The quantitative estimate of drug-likeness (QED) is 0.751. The normalized spacial score (nSPS) is 50.4. The van der Waals surface area contributed by atoms with Crippen LogP contribution in [0.2, 0.25) is 5.82 Å². The standard InChI is InChI=1S/C14H24BNO2.ClH/c1-13(2)9-6-11(13)14(3)12(7-9)17-15(18-14)10-4-5-16-8-10;/h9-12,16H,4-8H2,1-3H3;1H/t9-,10+,11-,12+,14-;/m0./s1. The molecule has 0 aromatic carbocycles. The van der Waals surface area contributed by atoms with Gasteiger partial charge in [-0.15, -0.1) is 12.4 Å². The van der Waals surface area contributed by atoms with Gasteiger partial charge in [0.15, 0.2) is 0 Å². The molecule has 5 aliphatic rings. The third-order valence-electron chi connectivity index (χ3n) is 6.45. The lowest BCUT2D eigenvalue weighted by atomic mass is 9.43. The number of rotatable bonds is 1. The van der Waals surface area contributed by atoms with E-state index in [2.05, 4.69) is 26.1 Å². The lowest BCUT2D eigenvalue weighted by molar-refractivity contribution is -0.199. The molecule has 5 heteroatoms. The zero-order chi connectivity index (χ0) is 12.5. The van der Waals surface area contributed by atoms with Gasteiger partial charge in [-0.25, -0.2) is 0 Å². The summed E-state index contributed by atoms with van der Waals surface area (Å²) in [5.74, 6) is 2.10. The van der Waals surface area contributed by atoms with E-state index in [9.17, 15) is 0 Å². The Morgan fingerprint density at radius 1 is 1.21 bits per heavy atom. The highest BCUT2D eigenvalue weighted by atomic mass is 35.5. The molecule has 3 nitrogen and oxygen atoms in total. The molecule has 3 aliphatic carbocycles. The Bertz CT molecular complexity index is 374. The van der Waals surface area contributed by atoms with Gasteiger partial charge in [0.25, 0.3) is 0 Å². The van der Waals surface area contributed by atoms with E-state index in [0.29, 0.717) is 23.3 Å². The summed E-state index contributed by atoms with van der Waals surface area (Å²) in [7, 11) is 0.0464. The Morgan fingerprint density at radius 3 is 2.63 bits per heavy atom. The molecule has 2 heterocycles. The second kappa shape index (κ2) is 4.36. The van der Waals surface area contributed by atoms with E-state index in [1.165, 1.54) is 19.3 Å². The molecule has 0 aromatic heterocycles. The van der Waals surface area contributed by atoms with Crippen LogP contribution in [-0.4, -0.2) is 31.9 Å². The van der Waals surface area contributed by atoms with Gasteiger partial charge in [-0.05, 0) is 56.5 Å². The van der Waals surface area contributed by atoms with Gasteiger partial charge in [0, 0.05) is 5.82 Å². The number of hydrogen-bond donors (Lipinski definition) is 1. The first kappa shape index (κ1) is 14.2. The molecule has 0 unspecified atom stereocenters. The van der Waals surface area contributed by atoms with E-state index < -0.39 is 0 Å². The fourth-order valence-corrected chi connectivity index (χ4v) is 5.01. The molecule has 2 aliphatic heterocycles. The van der Waals surface area contributed by atoms with Gasteiger partial charge >= 0.3 is 7.12 Å². The molecule has 2 saturated heterocycles. The molecule has 0 radical (unpaired) electrons. The Labute approximate surface area is 122 Å². The smallest absolute Gasteiger partial charge is 0.405 e. The third-order valence-corrected chi connectivity index (χ3v) is 6.45. The van der Waals surface area contributed by atoms with Gasteiger partial charge in [0.1, 0.15) is 0 Å². The highest BCUT2D eigenvalue weighted by molar-refractivity contribution is 6.47. The summed E-state index contributed by atoms with van der Waals surface area (Å²) in [5.41, 5.74) is 0.433. The number of halogens is 1. The monoisotopic (exact) mass is 285 g/mol. The van der Waals surface area contributed by atoms with Crippen LogP contribution in [0, 0.1) is 17.3 Å². The van der Waals surface area contributed by atoms with E-state index in [1.54, 1.807) is 0 Å². The zero-order valence-corrected chi connectivity index (χ0v) is 13.0. The maximum Gasteiger partial charge on any atom is 0.462 e. The van der Waals surface area contributed by atoms with Crippen molar-refractivity contribution in [2.45, 2.75) is 57.6 Å². The molecule has 1 N–H and O–H groups in total. The van der Waals surface area contributed by atoms with Crippen LogP contribution in [0.1, 0.15) is 40.0 Å². The Hall–Kier alpha value is 0.235. The summed E-state index contributed by atoms with van der Waals surface area (Å²) in [6.07, 6.45) is 4.10. The van der Waals surface area contributed by atoms with Crippen LogP contribution >= 0.6 is 12.4 Å². The molecule has 0 amide bonds. The minimum absolute atomic E-state index is 0. The van der Waals surface area contributed by atoms with Crippen molar-refractivity contribution in [2.75, 3.05) is 13.1 Å². The molecule has 0 spiro atoms. The average Bonchev–Trinajstić information content (AvgIpc) is 2.92. The van der Waals surface area contributed by atoms with Gasteiger partial charge in [-0.1, -0.05) is 13.8 Å². The first-order valence-electron chi connectivity index (χ1n) is 7.56. The topological polar surface area (TPSA) is 30.5 Å². The van der Waals surface area contributed by atoms with Crippen LogP contribution < -0.4 is 5.32 Å². The summed E-state index contributed by atoms with van der Waals surface area (Å²) >= 11 is 0. The third kappa shape index (κ3) is 1.76. The maximum absolute atomic E-state index is 6.46. The Morgan fingerprint density at radius 2 is 2.00 bits per heavy atom. The van der Waals surface area contributed by atoms with E-state index in [0.717, 1.165) is 19.0 Å². The largest absolute Gasteiger partial charge is 0.462 e. The highest BCUT2D eigenvalue weighted by Gasteiger charge is 2.68. The second-order valence-corrected chi connectivity index (χ2v) is 7.59. The first-order valence-corrected chi connectivity index (χ1v) is 7.56. The predicted molar refractivity (Wildman–Crippen MR) is 78.6 cm³/mol. The Balaban J connectivity index is 0.00000110. The minimum atomic E-state index is -0.0223. The van der Waals surface area contributed by atoms with Crippen LogP contribution in [0.4, 0.5) is 0 Å². The van der Waals surface area contributed by atoms with Gasteiger partial charge in [0.05, 0.1) is 11.7 Å². The molecule has 2 bridgehead atoms. The van der Waals surface area contributed by atoms with E-state index in [-0.39, 0.29) is 25.1 Å². The van der Waals surface area contributed by atoms with Crippen molar-refractivity contribution < 1.29 is 9.31 Å². The lowest BCUT2D eigenvalue weighted by Gasteiger charge is -2.64. The van der Waals surface area contributed by atoms with E-state index in [4.69, 9.17) is 9.31 Å². The Kier molecular flexibility index (Phi) is 3.26. The molecule has 0 aromatic rings. The van der Waals surface area contributed by atoms with Gasteiger partial charge in [0.2, 0.25) is 0 Å². The van der Waals surface area contributed by atoms with Crippen molar-refractivity contribution in [1.82, 2.24) is 5.32 Å². The van der Waals surface area contributed by atoms with Gasteiger partial charge < -0.3 is 14.6 Å². The van der Waals surface area contributed by atoms with Crippen LogP contribution in [0.5, 0.6) is 0 Å². The van der Waals surface area contributed by atoms with E-state index in [1.807, 2.05) is 0 Å². The van der Waals surface area contributed by atoms with Gasteiger partial charge in [-0.2, -0.15) is 0 Å². The predicted octanol–water partition coefficient (Wildman–Crippen LogP) is 2.50. The van der Waals surface area contributed by atoms with Crippen LogP contribution in [-0.2, 0) is 9.31 Å². The van der Waals surface area contributed by atoms with Crippen molar-refractivity contribution in [3.63, 3.8) is 0 Å². The molecule has 108 valence electrons. The SMILES string of the molecule is CC1(C)[C@@H]2C[C@H]3OB([C@@H]4CCNC4)O[C@@]3(C)[C@H]1C2.Cl. The zero-order valence-electron chi connectivity index (χ0n) is 12.1. The molecular formula is C14H25BClNO2. The van der Waals surface area contributed by atoms with Crippen LogP contribution in [0.15, 0.2) is 0 Å². The van der Waals surface area contributed by atoms with Crippen molar-refractivity contribution in [2.24, 2.45) is 17.3 Å². The molecule has 19 heavy (non-hydrogen) atoms. The van der Waals surface area contributed by atoms with Gasteiger partial charge in [-0.3, -0.25) is 0 Å². The van der Waals surface area contributed by atoms with E-state index >= 15 is 0 Å². The summed E-state index contributed by atoms with van der Waals surface area (Å²) in [6, 6.07) is 0. The molecule has 5 rings (SSSR count). The van der Waals surface area contributed by atoms with Crippen molar-refractivity contribution in [3.05, 3.63) is 0 Å². The van der Waals surface area contributed by atoms with Crippen molar-refractivity contribution in [3.8, 4) is 0 Å². The molecule has 3 saturated carbocycles. The van der Waals surface area contributed by atoms with Crippen molar-refractivity contribution >= 4 is 19.5 Å². The van der Waals surface area contributed by atoms with Crippen molar-refractivity contribution in [1.29, 1.82) is 0 Å². The fourth-order valence-electron chi connectivity index (χ4n) is 5.01. The fraction of sp³-hybridized carbons (Fsp3) is 1.00.